The van der Waals surface area contributed by atoms with Gasteiger partial charge in [-0.25, -0.2) is 4.39 Å². The Labute approximate surface area is 87.8 Å². The predicted octanol–water partition coefficient (Wildman–Crippen LogP) is 3.48. The highest BCUT2D eigenvalue weighted by Crippen LogP contribution is 2.24. The number of halogens is 2. The van der Waals surface area contributed by atoms with E-state index in [0.29, 0.717) is 17.9 Å². The summed E-state index contributed by atoms with van der Waals surface area (Å²) in [5.74, 6) is -0.425. The van der Waals surface area contributed by atoms with E-state index in [4.69, 9.17) is 11.6 Å². The molecule has 0 aliphatic rings. The van der Waals surface area contributed by atoms with Crippen LogP contribution in [-0.2, 0) is 0 Å². The molecule has 1 N–H and O–H groups in total. The molecule has 0 saturated carbocycles. The number of aliphatic hydroxyl groups is 1. The second-order valence-corrected chi connectivity index (χ2v) is 3.48. The van der Waals surface area contributed by atoms with Gasteiger partial charge in [-0.1, -0.05) is 17.7 Å². The Morgan fingerprint density at radius 1 is 1.57 bits per heavy atom. The number of aliphatic hydroxyl groups excluding tert-OH is 1. The van der Waals surface area contributed by atoms with E-state index in [2.05, 4.69) is 6.58 Å². The van der Waals surface area contributed by atoms with Crippen molar-refractivity contribution in [1.29, 1.82) is 0 Å². The van der Waals surface area contributed by atoms with Crippen molar-refractivity contribution in [2.45, 2.75) is 18.9 Å². The van der Waals surface area contributed by atoms with Gasteiger partial charge in [0.1, 0.15) is 5.82 Å². The molecule has 1 atom stereocenters. The smallest absolute Gasteiger partial charge is 0.129 e. The molecule has 1 aromatic rings. The molecule has 0 fully saturated rings. The highest BCUT2D eigenvalue weighted by molar-refractivity contribution is 6.30. The number of benzene rings is 1. The minimum Gasteiger partial charge on any atom is -0.388 e. The van der Waals surface area contributed by atoms with Crippen LogP contribution in [-0.4, -0.2) is 5.11 Å². The monoisotopic (exact) mass is 214 g/mol. The van der Waals surface area contributed by atoms with Gasteiger partial charge < -0.3 is 5.11 Å². The highest BCUT2D eigenvalue weighted by Gasteiger charge is 2.12. The van der Waals surface area contributed by atoms with Gasteiger partial charge >= 0.3 is 0 Å². The molecule has 1 rings (SSSR count). The third kappa shape index (κ3) is 2.82. The van der Waals surface area contributed by atoms with Crippen LogP contribution >= 0.6 is 11.6 Å². The van der Waals surface area contributed by atoms with E-state index in [1.807, 2.05) is 0 Å². The van der Waals surface area contributed by atoms with E-state index in [-0.39, 0.29) is 5.56 Å². The fraction of sp³-hybridized carbons (Fsp3) is 0.273. The first-order chi connectivity index (χ1) is 6.65. The Morgan fingerprint density at radius 2 is 2.29 bits per heavy atom. The normalized spacial score (nSPS) is 12.5. The Kier molecular flexibility index (Phi) is 4.11. The first-order valence-electron chi connectivity index (χ1n) is 4.39. The van der Waals surface area contributed by atoms with Gasteiger partial charge in [0.25, 0.3) is 0 Å². The Hall–Kier alpha value is -0.860. The zero-order chi connectivity index (χ0) is 10.6. The first kappa shape index (κ1) is 11.2. The average molecular weight is 215 g/mol. The lowest BCUT2D eigenvalue weighted by Gasteiger charge is -2.10. The zero-order valence-corrected chi connectivity index (χ0v) is 8.47. The van der Waals surface area contributed by atoms with Gasteiger partial charge in [-0.15, -0.1) is 6.58 Å². The molecule has 0 radical (unpaired) electrons. The number of hydrogen-bond donors (Lipinski definition) is 1. The van der Waals surface area contributed by atoms with Crippen molar-refractivity contribution in [2.75, 3.05) is 0 Å². The van der Waals surface area contributed by atoms with Crippen molar-refractivity contribution in [3.05, 3.63) is 47.3 Å². The van der Waals surface area contributed by atoms with Crippen LogP contribution in [0, 0.1) is 5.82 Å². The van der Waals surface area contributed by atoms with E-state index >= 15 is 0 Å². The number of rotatable bonds is 4. The largest absolute Gasteiger partial charge is 0.388 e. The van der Waals surface area contributed by atoms with Gasteiger partial charge in [0.05, 0.1) is 6.10 Å². The van der Waals surface area contributed by atoms with Gasteiger partial charge in [0.15, 0.2) is 0 Å². The molecule has 3 heteroatoms. The summed E-state index contributed by atoms with van der Waals surface area (Å²) < 4.78 is 13.2. The fourth-order valence-corrected chi connectivity index (χ4v) is 1.38. The maximum absolute atomic E-state index is 13.2. The van der Waals surface area contributed by atoms with Crippen LogP contribution in [0.1, 0.15) is 24.5 Å². The van der Waals surface area contributed by atoms with Gasteiger partial charge in [-0.3, -0.25) is 0 Å². The first-order valence-corrected chi connectivity index (χ1v) is 4.77. The van der Waals surface area contributed by atoms with Crippen LogP contribution in [0.2, 0.25) is 5.02 Å². The predicted molar refractivity (Wildman–Crippen MR) is 55.8 cm³/mol. The topological polar surface area (TPSA) is 20.2 Å². The molecule has 1 unspecified atom stereocenters. The van der Waals surface area contributed by atoms with E-state index in [9.17, 15) is 9.50 Å². The van der Waals surface area contributed by atoms with Crippen LogP contribution in [0.3, 0.4) is 0 Å². The molecule has 14 heavy (non-hydrogen) atoms. The Morgan fingerprint density at radius 3 is 2.93 bits per heavy atom. The molecule has 0 amide bonds. The van der Waals surface area contributed by atoms with E-state index in [0.717, 1.165) is 0 Å². The van der Waals surface area contributed by atoms with E-state index in [1.165, 1.54) is 18.2 Å². The molecule has 1 nitrogen and oxygen atoms in total. The van der Waals surface area contributed by atoms with Crippen LogP contribution < -0.4 is 0 Å². The zero-order valence-electron chi connectivity index (χ0n) is 7.71. The molecule has 0 bridgehead atoms. The van der Waals surface area contributed by atoms with Crippen molar-refractivity contribution in [3.63, 3.8) is 0 Å². The summed E-state index contributed by atoms with van der Waals surface area (Å²) in [6, 6.07) is 4.17. The summed E-state index contributed by atoms with van der Waals surface area (Å²) in [6.07, 6.45) is 1.98. The summed E-state index contributed by atoms with van der Waals surface area (Å²) in [4.78, 5) is 0. The molecule has 0 aromatic heterocycles. The Bertz CT molecular complexity index is 325. The van der Waals surface area contributed by atoms with Crippen molar-refractivity contribution in [1.82, 2.24) is 0 Å². The Balaban J connectivity index is 2.82. The van der Waals surface area contributed by atoms with Crippen molar-refractivity contribution >= 4 is 11.6 Å². The molecular formula is C11H12ClFO. The van der Waals surface area contributed by atoms with Crippen LogP contribution in [0.4, 0.5) is 4.39 Å². The molecule has 0 aliphatic heterocycles. The summed E-state index contributed by atoms with van der Waals surface area (Å²) >= 11 is 5.70. The fourth-order valence-electron chi connectivity index (χ4n) is 1.20. The summed E-state index contributed by atoms with van der Waals surface area (Å²) in [7, 11) is 0. The second kappa shape index (κ2) is 5.13. The lowest BCUT2D eigenvalue weighted by molar-refractivity contribution is 0.164. The lowest BCUT2D eigenvalue weighted by Crippen LogP contribution is -2.00. The quantitative estimate of drug-likeness (QED) is 0.761. The SMILES string of the molecule is C=CCCC(O)c1cc(Cl)ccc1F. The van der Waals surface area contributed by atoms with Crippen molar-refractivity contribution in [3.8, 4) is 0 Å². The maximum atomic E-state index is 13.2. The summed E-state index contributed by atoms with van der Waals surface area (Å²) in [5.41, 5.74) is 0.249. The second-order valence-electron chi connectivity index (χ2n) is 3.05. The van der Waals surface area contributed by atoms with Gasteiger partial charge in [0.2, 0.25) is 0 Å². The van der Waals surface area contributed by atoms with Crippen molar-refractivity contribution < 1.29 is 9.50 Å². The van der Waals surface area contributed by atoms with Crippen LogP contribution in [0.15, 0.2) is 30.9 Å². The lowest BCUT2D eigenvalue weighted by atomic mass is 10.0. The minimum atomic E-state index is -0.813. The molecule has 0 spiro atoms. The maximum Gasteiger partial charge on any atom is 0.129 e. The molecule has 1 aromatic carbocycles. The minimum absolute atomic E-state index is 0.249. The summed E-state index contributed by atoms with van der Waals surface area (Å²) in [5, 5.41) is 10.0. The van der Waals surface area contributed by atoms with Gasteiger partial charge in [-0.2, -0.15) is 0 Å². The van der Waals surface area contributed by atoms with E-state index < -0.39 is 11.9 Å². The van der Waals surface area contributed by atoms with E-state index in [1.54, 1.807) is 6.08 Å². The van der Waals surface area contributed by atoms with Gasteiger partial charge in [-0.05, 0) is 31.0 Å². The highest BCUT2D eigenvalue weighted by atomic mass is 35.5. The van der Waals surface area contributed by atoms with Crippen molar-refractivity contribution in [2.24, 2.45) is 0 Å². The van der Waals surface area contributed by atoms with Crippen LogP contribution in [0.5, 0.6) is 0 Å². The summed E-state index contributed by atoms with van der Waals surface area (Å²) in [6.45, 7) is 3.54. The number of allylic oxidation sites excluding steroid dienone is 1. The van der Waals surface area contributed by atoms with Gasteiger partial charge in [0, 0.05) is 10.6 Å². The molecule has 0 heterocycles. The standard InChI is InChI=1S/C11H12ClFO/c1-2-3-4-11(14)9-7-8(12)5-6-10(9)13/h2,5-7,11,14H,1,3-4H2. The number of hydrogen-bond acceptors (Lipinski definition) is 1. The third-order valence-electron chi connectivity index (χ3n) is 1.96. The molecule has 0 aliphatic carbocycles. The molecular weight excluding hydrogens is 203 g/mol. The van der Waals surface area contributed by atoms with Crippen LogP contribution in [0.25, 0.3) is 0 Å². The average Bonchev–Trinajstić information content (AvgIpc) is 2.18. The molecule has 76 valence electrons. The third-order valence-corrected chi connectivity index (χ3v) is 2.20. The molecule has 0 saturated heterocycles.